The first-order chi connectivity index (χ1) is 10.7. The van der Waals surface area contributed by atoms with Gasteiger partial charge in [-0.05, 0) is 35.8 Å². The van der Waals surface area contributed by atoms with E-state index in [-0.39, 0.29) is 5.04 Å². The van der Waals surface area contributed by atoms with E-state index >= 15 is 0 Å². The maximum atomic E-state index is 9.65. The summed E-state index contributed by atoms with van der Waals surface area (Å²) in [7, 11) is -2.00. The highest BCUT2D eigenvalue weighted by Crippen LogP contribution is 2.39. The van der Waals surface area contributed by atoms with Crippen LogP contribution in [-0.4, -0.2) is 12.9 Å². The molecule has 2 rings (SSSR count). The van der Waals surface area contributed by atoms with Crippen molar-refractivity contribution in [2.24, 2.45) is 0 Å². The van der Waals surface area contributed by atoms with Gasteiger partial charge in [-0.1, -0.05) is 51.1 Å². The lowest BCUT2D eigenvalue weighted by molar-refractivity contribution is 0.227. The van der Waals surface area contributed by atoms with Gasteiger partial charge in [-0.3, -0.25) is 0 Å². The van der Waals surface area contributed by atoms with Crippen molar-refractivity contribution in [3.8, 4) is 6.07 Å². The molecule has 0 saturated heterocycles. The Balaban J connectivity index is 2.24. The van der Waals surface area contributed by atoms with E-state index < -0.39 is 14.4 Å². The Morgan fingerprint density at radius 1 is 1.13 bits per heavy atom. The maximum Gasteiger partial charge on any atom is 0.194 e. The third-order valence-electron chi connectivity index (χ3n) is 4.66. The molecule has 122 valence electrons. The van der Waals surface area contributed by atoms with Gasteiger partial charge in [-0.25, -0.2) is 0 Å². The predicted molar refractivity (Wildman–Crippen MR) is 96.6 cm³/mol. The van der Waals surface area contributed by atoms with Crippen LogP contribution in [0.3, 0.4) is 0 Å². The second-order valence-corrected chi connectivity index (χ2v) is 12.2. The Labute approximate surface area is 140 Å². The minimum absolute atomic E-state index is 0.0823. The van der Waals surface area contributed by atoms with Crippen LogP contribution in [0, 0.1) is 11.3 Å². The molecule has 0 fully saturated rings. The third-order valence-corrected chi connectivity index (χ3v) is 9.10. The standard InChI is InChI=1S/C19H26N2OSi/c1-19(2,3)23(4,5)22-18(14-20)17-12-9-13-21(17)15-16-10-7-6-8-11-16/h6-13,18H,15H2,1-5H3. The highest BCUT2D eigenvalue weighted by atomic mass is 28.4. The van der Waals surface area contributed by atoms with E-state index in [1.54, 1.807) is 0 Å². The van der Waals surface area contributed by atoms with Crippen LogP contribution >= 0.6 is 0 Å². The molecule has 0 radical (unpaired) electrons. The molecule has 0 aliphatic rings. The van der Waals surface area contributed by atoms with Gasteiger partial charge in [0.05, 0.1) is 11.8 Å². The Morgan fingerprint density at radius 3 is 2.35 bits per heavy atom. The van der Waals surface area contributed by atoms with Crippen LogP contribution in [0.25, 0.3) is 0 Å². The fourth-order valence-corrected chi connectivity index (χ4v) is 3.33. The van der Waals surface area contributed by atoms with Crippen molar-refractivity contribution >= 4 is 8.32 Å². The summed E-state index contributed by atoms with van der Waals surface area (Å²) in [6.07, 6.45) is 1.50. The van der Waals surface area contributed by atoms with Crippen LogP contribution in [0.1, 0.15) is 38.1 Å². The number of nitrogens with zero attached hydrogens (tertiary/aromatic N) is 2. The lowest BCUT2D eigenvalue weighted by Crippen LogP contribution is -2.41. The molecular weight excluding hydrogens is 300 g/mol. The molecule has 1 unspecified atom stereocenters. The van der Waals surface area contributed by atoms with Gasteiger partial charge in [0.25, 0.3) is 0 Å². The number of hydrogen-bond acceptors (Lipinski definition) is 2. The van der Waals surface area contributed by atoms with Crippen molar-refractivity contribution in [3.05, 3.63) is 59.9 Å². The van der Waals surface area contributed by atoms with Crippen LogP contribution in [0.4, 0.5) is 0 Å². The summed E-state index contributed by atoms with van der Waals surface area (Å²) in [6, 6.07) is 16.6. The molecule has 2 aromatic rings. The summed E-state index contributed by atoms with van der Waals surface area (Å²) in [5.74, 6) is 0. The normalized spacial score (nSPS) is 13.6. The molecule has 0 aliphatic heterocycles. The molecule has 1 atom stereocenters. The Kier molecular flexibility index (Phi) is 5.13. The van der Waals surface area contributed by atoms with Gasteiger partial charge in [0.15, 0.2) is 14.4 Å². The number of rotatable bonds is 5. The zero-order valence-corrected chi connectivity index (χ0v) is 15.7. The van der Waals surface area contributed by atoms with Gasteiger partial charge in [-0.2, -0.15) is 5.26 Å². The molecule has 4 heteroatoms. The van der Waals surface area contributed by atoms with Gasteiger partial charge in [0.1, 0.15) is 0 Å². The second-order valence-electron chi connectivity index (χ2n) is 7.43. The Bertz CT molecular complexity index is 677. The minimum atomic E-state index is -2.00. The number of aromatic nitrogens is 1. The molecule has 0 amide bonds. The maximum absolute atomic E-state index is 9.65. The Hall–Kier alpha value is -1.83. The molecule has 0 aliphatic carbocycles. The lowest BCUT2D eigenvalue weighted by Gasteiger charge is -2.37. The van der Waals surface area contributed by atoms with E-state index in [1.807, 2.05) is 36.5 Å². The highest BCUT2D eigenvalue weighted by molar-refractivity contribution is 6.74. The topological polar surface area (TPSA) is 37.9 Å². The summed E-state index contributed by atoms with van der Waals surface area (Å²) >= 11 is 0. The van der Waals surface area contributed by atoms with Crippen LogP contribution in [-0.2, 0) is 11.0 Å². The summed E-state index contributed by atoms with van der Waals surface area (Å²) in [5, 5.41) is 9.73. The van der Waals surface area contributed by atoms with Crippen molar-refractivity contribution in [3.63, 3.8) is 0 Å². The second kappa shape index (κ2) is 6.73. The average Bonchev–Trinajstić information content (AvgIpc) is 2.92. The van der Waals surface area contributed by atoms with Gasteiger partial charge in [-0.15, -0.1) is 0 Å². The fourth-order valence-electron chi connectivity index (χ4n) is 2.21. The fraction of sp³-hybridized carbons (Fsp3) is 0.421. The smallest absolute Gasteiger partial charge is 0.194 e. The minimum Gasteiger partial charge on any atom is -0.397 e. The van der Waals surface area contributed by atoms with Crippen LogP contribution in [0.5, 0.6) is 0 Å². The van der Waals surface area contributed by atoms with E-state index in [9.17, 15) is 5.26 Å². The zero-order chi connectivity index (χ0) is 17.1. The van der Waals surface area contributed by atoms with Gasteiger partial charge in [0, 0.05) is 12.7 Å². The Morgan fingerprint density at radius 2 is 1.78 bits per heavy atom. The quantitative estimate of drug-likeness (QED) is 0.715. The first-order valence-corrected chi connectivity index (χ1v) is 10.9. The van der Waals surface area contributed by atoms with Gasteiger partial charge < -0.3 is 8.99 Å². The first-order valence-electron chi connectivity index (χ1n) is 8.01. The summed E-state index contributed by atoms with van der Waals surface area (Å²) < 4.78 is 8.44. The summed E-state index contributed by atoms with van der Waals surface area (Å²) in [4.78, 5) is 0. The van der Waals surface area contributed by atoms with Crippen LogP contribution in [0.15, 0.2) is 48.7 Å². The van der Waals surface area contributed by atoms with E-state index in [2.05, 4.69) is 56.6 Å². The number of nitriles is 1. The van der Waals surface area contributed by atoms with Crippen molar-refractivity contribution in [1.29, 1.82) is 5.26 Å². The molecule has 1 aromatic carbocycles. The molecule has 3 nitrogen and oxygen atoms in total. The largest absolute Gasteiger partial charge is 0.397 e. The molecular formula is C19H26N2OSi. The van der Waals surface area contributed by atoms with Crippen molar-refractivity contribution in [2.75, 3.05) is 0 Å². The van der Waals surface area contributed by atoms with Crippen LogP contribution in [0.2, 0.25) is 18.1 Å². The SMILES string of the molecule is CC(C)(C)[Si](C)(C)OC(C#N)c1cccn1Cc1ccccc1. The number of benzene rings is 1. The predicted octanol–water partition coefficient (Wildman–Crippen LogP) is 5.12. The van der Waals surface area contributed by atoms with Crippen molar-refractivity contribution in [1.82, 2.24) is 4.57 Å². The molecule has 1 aromatic heterocycles. The van der Waals surface area contributed by atoms with Crippen molar-refractivity contribution in [2.45, 2.75) is 51.6 Å². The van der Waals surface area contributed by atoms with Gasteiger partial charge in [0.2, 0.25) is 0 Å². The van der Waals surface area contributed by atoms with E-state index in [0.717, 1.165) is 12.2 Å². The molecule has 0 spiro atoms. The van der Waals surface area contributed by atoms with Gasteiger partial charge >= 0.3 is 0 Å². The zero-order valence-electron chi connectivity index (χ0n) is 14.7. The summed E-state index contributed by atoms with van der Waals surface area (Å²) in [5.41, 5.74) is 2.15. The molecule has 0 bridgehead atoms. The monoisotopic (exact) mass is 326 g/mol. The average molecular weight is 327 g/mol. The molecule has 0 saturated carbocycles. The third kappa shape index (κ3) is 4.13. The highest BCUT2D eigenvalue weighted by Gasteiger charge is 2.40. The molecule has 23 heavy (non-hydrogen) atoms. The van der Waals surface area contributed by atoms with Crippen molar-refractivity contribution < 1.29 is 4.43 Å². The lowest BCUT2D eigenvalue weighted by atomic mass is 10.2. The molecule has 0 N–H and O–H groups in total. The first kappa shape index (κ1) is 17.5. The van der Waals surface area contributed by atoms with E-state index in [4.69, 9.17) is 4.43 Å². The number of hydrogen-bond donors (Lipinski definition) is 0. The van der Waals surface area contributed by atoms with Crippen LogP contribution < -0.4 is 0 Å². The van der Waals surface area contributed by atoms with E-state index in [1.165, 1.54) is 5.56 Å². The summed E-state index contributed by atoms with van der Waals surface area (Å²) in [6.45, 7) is 11.7. The molecule has 1 heterocycles. The van der Waals surface area contributed by atoms with E-state index in [0.29, 0.717) is 0 Å².